The highest BCUT2D eigenvalue weighted by Gasteiger charge is 2.21. The number of hydrogen-bond acceptors (Lipinski definition) is 5. The maximum atomic E-state index is 14.1. The summed E-state index contributed by atoms with van der Waals surface area (Å²) in [5.74, 6) is -0.867. The summed E-state index contributed by atoms with van der Waals surface area (Å²) < 4.78 is 30.1. The summed E-state index contributed by atoms with van der Waals surface area (Å²) in [4.78, 5) is 19.5. The molecule has 130 valence electrons. The summed E-state index contributed by atoms with van der Waals surface area (Å²) in [6.07, 6.45) is 0. The van der Waals surface area contributed by atoms with Gasteiger partial charge in [-0.15, -0.1) is 11.3 Å². The van der Waals surface area contributed by atoms with Crippen molar-refractivity contribution in [3.8, 4) is 0 Å². The lowest BCUT2D eigenvalue weighted by atomic mass is 10.2. The number of piperazine rings is 1. The average molecular weight is 362 g/mol. The molecule has 2 aromatic heterocycles. The van der Waals surface area contributed by atoms with Gasteiger partial charge in [0.2, 0.25) is 5.95 Å². The van der Waals surface area contributed by atoms with Crippen molar-refractivity contribution in [2.45, 2.75) is 6.54 Å². The average Bonchev–Trinajstić information content (AvgIpc) is 3.09. The Kier molecular flexibility index (Phi) is 4.22. The summed E-state index contributed by atoms with van der Waals surface area (Å²) in [5, 5.41) is 5.04. The number of nitrogens with one attached hydrogen (secondary N) is 1. The molecule has 4 rings (SSSR count). The van der Waals surface area contributed by atoms with E-state index in [0.29, 0.717) is 29.3 Å². The minimum Gasteiger partial charge on any atom is -0.340 e. The fraction of sp³-hybridized carbons (Fsp3) is 0.294. The van der Waals surface area contributed by atoms with Crippen LogP contribution in [0.4, 0.5) is 14.7 Å². The number of rotatable bonds is 3. The van der Waals surface area contributed by atoms with Crippen molar-refractivity contribution in [1.29, 1.82) is 0 Å². The first-order chi connectivity index (χ1) is 12.1. The van der Waals surface area contributed by atoms with Crippen LogP contribution < -0.4 is 15.8 Å². The third kappa shape index (κ3) is 2.91. The largest absolute Gasteiger partial charge is 0.340 e. The molecule has 0 radical (unpaired) electrons. The summed E-state index contributed by atoms with van der Waals surface area (Å²) >= 11 is 1.29. The van der Waals surface area contributed by atoms with E-state index in [2.05, 4.69) is 10.3 Å². The van der Waals surface area contributed by atoms with Gasteiger partial charge in [-0.1, -0.05) is 6.07 Å². The monoisotopic (exact) mass is 362 g/mol. The first kappa shape index (κ1) is 16.2. The number of hydrogen-bond donors (Lipinski definition) is 1. The number of benzene rings is 1. The van der Waals surface area contributed by atoms with Gasteiger partial charge >= 0.3 is 0 Å². The van der Waals surface area contributed by atoms with E-state index in [9.17, 15) is 13.6 Å². The van der Waals surface area contributed by atoms with Crippen LogP contribution in [0.25, 0.3) is 10.2 Å². The molecule has 3 heterocycles. The van der Waals surface area contributed by atoms with Crippen molar-refractivity contribution < 1.29 is 8.78 Å². The molecule has 1 N–H and O–H groups in total. The zero-order valence-corrected chi connectivity index (χ0v) is 14.2. The third-order valence-corrected chi connectivity index (χ3v) is 5.22. The minimum absolute atomic E-state index is 0.126. The second kappa shape index (κ2) is 6.53. The maximum absolute atomic E-state index is 14.1. The normalized spacial score (nSPS) is 15.0. The first-order valence-electron chi connectivity index (χ1n) is 8.02. The molecule has 0 spiro atoms. The molecular weight excluding hydrogens is 346 g/mol. The molecule has 1 fully saturated rings. The lowest BCUT2D eigenvalue weighted by Gasteiger charge is -2.30. The van der Waals surface area contributed by atoms with E-state index in [-0.39, 0.29) is 17.7 Å². The van der Waals surface area contributed by atoms with Crippen LogP contribution >= 0.6 is 11.3 Å². The fourth-order valence-electron chi connectivity index (χ4n) is 3.02. The number of nitrogens with zero attached hydrogens (tertiary/aromatic N) is 3. The molecule has 8 heteroatoms. The Labute approximate surface area is 146 Å². The van der Waals surface area contributed by atoms with Crippen LogP contribution in [0.1, 0.15) is 5.56 Å². The van der Waals surface area contributed by atoms with Crippen molar-refractivity contribution in [1.82, 2.24) is 14.9 Å². The summed E-state index contributed by atoms with van der Waals surface area (Å²) in [6, 6.07) is 5.51. The van der Waals surface area contributed by atoms with Gasteiger partial charge in [0, 0.05) is 31.7 Å². The number of anilines is 1. The van der Waals surface area contributed by atoms with Gasteiger partial charge in [0.25, 0.3) is 5.56 Å². The van der Waals surface area contributed by atoms with Gasteiger partial charge in [-0.2, -0.15) is 0 Å². The minimum atomic E-state index is -0.663. The van der Waals surface area contributed by atoms with Crippen molar-refractivity contribution in [2.75, 3.05) is 31.1 Å². The predicted molar refractivity (Wildman–Crippen MR) is 94.4 cm³/mol. The Hall–Kier alpha value is -2.32. The van der Waals surface area contributed by atoms with Gasteiger partial charge in [-0.05, 0) is 23.6 Å². The molecule has 1 aromatic carbocycles. The number of aromatic nitrogens is 2. The topological polar surface area (TPSA) is 50.2 Å². The SMILES string of the molecule is O=c1c2sccc2nc(N2CCNCC2)n1Cc1c(F)cccc1F. The lowest BCUT2D eigenvalue weighted by molar-refractivity contribution is 0.531. The van der Waals surface area contributed by atoms with Crippen molar-refractivity contribution >= 4 is 27.5 Å². The molecule has 0 unspecified atom stereocenters. The molecule has 25 heavy (non-hydrogen) atoms. The van der Waals surface area contributed by atoms with E-state index in [4.69, 9.17) is 0 Å². The van der Waals surface area contributed by atoms with Crippen LogP contribution in [0, 0.1) is 11.6 Å². The lowest BCUT2D eigenvalue weighted by Crippen LogP contribution is -2.46. The van der Waals surface area contributed by atoms with Crippen LogP contribution in [0.15, 0.2) is 34.4 Å². The molecule has 1 aliphatic heterocycles. The van der Waals surface area contributed by atoms with E-state index in [0.717, 1.165) is 13.1 Å². The Morgan fingerprint density at radius 2 is 1.88 bits per heavy atom. The van der Waals surface area contributed by atoms with E-state index in [1.54, 1.807) is 11.4 Å². The fourth-order valence-corrected chi connectivity index (χ4v) is 3.80. The molecule has 0 amide bonds. The van der Waals surface area contributed by atoms with Crippen molar-refractivity contribution in [3.63, 3.8) is 0 Å². The molecule has 1 aliphatic rings. The Morgan fingerprint density at radius 1 is 1.16 bits per heavy atom. The van der Waals surface area contributed by atoms with Crippen molar-refractivity contribution in [2.24, 2.45) is 0 Å². The van der Waals surface area contributed by atoms with Crippen LogP contribution in [0.5, 0.6) is 0 Å². The quantitative estimate of drug-likeness (QED) is 0.776. The van der Waals surface area contributed by atoms with E-state index < -0.39 is 11.6 Å². The molecular formula is C17H16F2N4OS. The van der Waals surface area contributed by atoms with Gasteiger partial charge < -0.3 is 10.2 Å². The van der Waals surface area contributed by atoms with Crippen LogP contribution in [0.3, 0.4) is 0 Å². The highest BCUT2D eigenvalue weighted by atomic mass is 32.1. The second-order valence-corrected chi connectivity index (χ2v) is 6.79. The highest BCUT2D eigenvalue weighted by molar-refractivity contribution is 7.17. The molecule has 1 saturated heterocycles. The standard InChI is InChI=1S/C17H16F2N4OS/c18-12-2-1-3-13(19)11(12)10-23-16(24)15-14(4-9-25-15)21-17(23)22-7-5-20-6-8-22/h1-4,9,20H,5-8,10H2. The molecule has 3 aromatic rings. The van der Waals surface area contributed by atoms with Crippen molar-refractivity contribution in [3.05, 3.63) is 57.2 Å². The smallest absolute Gasteiger partial charge is 0.273 e. The molecule has 0 atom stereocenters. The van der Waals surface area contributed by atoms with E-state index in [1.807, 2.05) is 4.90 Å². The van der Waals surface area contributed by atoms with Crippen LogP contribution in [0.2, 0.25) is 0 Å². The molecule has 0 saturated carbocycles. The van der Waals surface area contributed by atoms with E-state index in [1.165, 1.54) is 34.1 Å². The number of fused-ring (bicyclic) bond motifs is 1. The van der Waals surface area contributed by atoms with Crippen LogP contribution in [-0.2, 0) is 6.54 Å². The predicted octanol–water partition coefficient (Wildman–Crippen LogP) is 2.19. The Bertz CT molecular complexity index is 958. The number of halogens is 2. The van der Waals surface area contributed by atoms with Gasteiger partial charge in [0.1, 0.15) is 16.3 Å². The third-order valence-electron chi connectivity index (χ3n) is 4.32. The van der Waals surface area contributed by atoms with Gasteiger partial charge in [-0.3, -0.25) is 9.36 Å². The summed E-state index contributed by atoms with van der Waals surface area (Å²) in [6.45, 7) is 2.72. The zero-order chi connectivity index (χ0) is 17.4. The highest BCUT2D eigenvalue weighted by Crippen LogP contribution is 2.22. The summed E-state index contributed by atoms with van der Waals surface area (Å²) in [5.41, 5.74) is 0.226. The molecule has 5 nitrogen and oxygen atoms in total. The van der Waals surface area contributed by atoms with Gasteiger partial charge in [0.05, 0.1) is 12.1 Å². The van der Waals surface area contributed by atoms with E-state index >= 15 is 0 Å². The molecule has 0 bridgehead atoms. The Morgan fingerprint density at radius 3 is 2.60 bits per heavy atom. The first-order valence-corrected chi connectivity index (χ1v) is 8.89. The molecule has 0 aliphatic carbocycles. The van der Waals surface area contributed by atoms with Gasteiger partial charge in [-0.25, -0.2) is 13.8 Å². The zero-order valence-electron chi connectivity index (χ0n) is 13.3. The second-order valence-electron chi connectivity index (χ2n) is 5.88. The number of thiophene rings is 1. The van der Waals surface area contributed by atoms with Gasteiger partial charge in [0.15, 0.2) is 0 Å². The summed E-state index contributed by atoms with van der Waals surface area (Å²) in [7, 11) is 0. The van der Waals surface area contributed by atoms with Crippen LogP contribution in [-0.4, -0.2) is 35.7 Å². The maximum Gasteiger partial charge on any atom is 0.273 e. The Balaban J connectivity index is 1.88.